The summed E-state index contributed by atoms with van der Waals surface area (Å²) in [5.41, 5.74) is 5.13. The van der Waals surface area contributed by atoms with Gasteiger partial charge in [-0.1, -0.05) is 29.4 Å². The second-order valence-electron chi connectivity index (χ2n) is 6.53. The minimum absolute atomic E-state index is 0.101. The monoisotopic (exact) mass is 447 g/mol. The average Bonchev–Trinajstić information content (AvgIpc) is 3.04. The van der Waals surface area contributed by atoms with Gasteiger partial charge >= 0.3 is 12.7 Å². The zero-order valence-electron chi connectivity index (χ0n) is 15.8. The summed E-state index contributed by atoms with van der Waals surface area (Å²) in [4.78, 5) is 4.03. The lowest BCUT2D eigenvalue weighted by atomic mass is 9.80. The van der Waals surface area contributed by atoms with Crippen LogP contribution in [0.25, 0.3) is 0 Å². The average molecular weight is 447 g/mol. The van der Waals surface area contributed by atoms with Crippen LogP contribution in [0.5, 0.6) is 11.5 Å². The third kappa shape index (κ3) is 5.87. The Bertz CT molecular complexity index is 989. The highest BCUT2D eigenvalue weighted by atomic mass is 19.4. The lowest BCUT2D eigenvalue weighted by molar-refractivity contribution is -0.275. The van der Waals surface area contributed by atoms with E-state index in [2.05, 4.69) is 19.6 Å². The summed E-state index contributed by atoms with van der Waals surface area (Å²) in [7, 11) is 0. The van der Waals surface area contributed by atoms with Gasteiger partial charge in [0, 0.05) is 13.3 Å². The molecule has 1 heterocycles. The molecule has 0 amide bonds. The summed E-state index contributed by atoms with van der Waals surface area (Å²) in [6.07, 6.45) is -10.1. The predicted octanol–water partition coefficient (Wildman–Crippen LogP) is 4.62. The quantitative estimate of drug-likeness (QED) is 0.556. The van der Waals surface area contributed by atoms with Crippen LogP contribution in [-0.2, 0) is 12.0 Å². The molecule has 0 fully saturated rings. The number of rotatable bonds is 6. The first-order valence-electron chi connectivity index (χ1n) is 8.65. The first-order chi connectivity index (χ1) is 14.3. The van der Waals surface area contributed by atoms with Crippen molar-refractivity contribution in [1.29, 1.82) is 0 Å². The number of aryl methyl sites for hydroxylation is 1. The van der Waals surface area contributed by atoms with Gasteiger partial charge in [0.05, 0.1) is 5.54 Å². The van der Waals surface area contributed by atoms with Crippen LogP contribution in [0.1, 0.15) is 22.8 Å². The Kier molecular flexibility index (Phi) is 5.85. The number of aromatic nitrogens is 2. The molecule has 0 bridgehead atoms. The van der Waals surface area contributed by atoms with Gasteiger partial charge in [0.1, 0.15) is 11.5 Å². The molecule has 0 saturated carbocycles. The molecule has 0 aliphatic heterocycles. The molecule has 166 valence electrons. The van der Waals surface area contributed by atoms with E-state index in [0.29, 0.717) is 0 Å². The number of alkyl halides is 6. The fraction of sp³-hybridized carbons (Fsp3) is 0.263. The molecular weight excluding hydrogens is 432 g/mol. The molecule has 3 rings (SSSR count). The van der Waals surface area contributed by atoms with Gasteiger partial charge in [0.2, 0.25) is 5.89 Å². The highest BCUT2D eigenvalue weighted by Gasteiger charge is 2.36. The van der Waals surface area contributed by atoms with Crippen LogP contribution in [-0.4, -0.2) is 22.9 Å². The minimum atomic E-state index is -4.94. The number of hydrogen-bond acceptors (Lipinski definition) is 6. The number of ether oxygens (including phenoxy) is 2. The molecule has 1 aromatic heterocycles. The summed E-state index contributed by atoms with van der Waals surface area (Å²) in [6, 6.07) is 9.58. The van der Waals surface area contributed by atoms with Crippen LogP contribution in [0.3, 0.4) is 0 Å². The van der Waals surface area contributed by atoms with Crippen molar-refractivity contribution in [2.24, 2.45) is 5.73 Å². The molecule has 2 aromatic carbocycles. The summed E-state index contributed by atoms with van der Waals surface area (Å²) in [5.74, 6) is -0.788. The minimum Gasteiger partial charge on any atom is -0.406 e. The molecule has 3 aromatic rings. The Labute approximate surface area is 171 Å². The topological polar surface area (TPSA) is 83.4 Å². The molecule has 6 nitrogen and oxygen atoms in total. The van der Waals surface area contributed by atoms with Crippen molar-refractivity contribution in [3.05, 3.63) is 71.4 Å². The molecular formula is C19H15F6N3O3. The maximum atomic E-state index is 12.6. The van der Waals surface area contributed by atoms with Crippen molar-refractivity contribution in [2.45, 2.75) is 31.6 Å². The fourth-order valence-electron chi connectivity index (χ4n) is 2.97. The second-order valence-corrected chi connectivity index (χ2v) is 6.53. The number of nitrogens with two attached hydrogens (primary N) is 1. The van der Waals surface area contributed by atoms with Crippen LogP contribution in [0.4, 0.5) is 26.3 Å². The SMILES string of the molecule is Cc1nc(CC(N)(c2cccc(OC(F)(F)F)c2)c2cccc(OC(F)(F)F)c2)no1. The van der Waals surface area contributed by atoms with Crippen LogP contribution in [0.2, 0.25) is 0 Å². The van der Waals surface area contributed by atoms with Gasteiger partial charge in [0.25, 0.3) is 0 Å². The van der Waals surface area contributed by atoms with Gasteiger partial charge in [-0.25, -0.2) is 0 Å². The third-order valence-corrected chi connectivity index (χ3v) is 4.17. The number of hydrogen-bond donors (Lipinski definition) is 1. The van der Waals surface area contributed by atoms with E-state index < -0.39 is 29.8 Å². The largest absolute Gasteiger partial charge is 0.573 e. The van der Waals surface area contributed by atoms with Crippen molar-refractivity contribution < 1.29 is 40.3 Å². The van der Waals surface area contributed by atoms with Gasteiger partial charge in [-0.05, 0) is 35.4 Å². The summed E-state index contributed by atoms with van der Waals surface area (Å²) < 4.78 is 88.6. The first-order valence-corrected chi connectivity index (χ1v) is 8.65. The molecule has 0 saturated heterocycles. The Morgan fingerprint density at radius 1 is 0.871 bits per heavy atom. The number of halogens is 6. The number of benzene rings is 2. The normalized spacial score (nSPS) is 12.6. The van der Waals surface area contributed by atoms with Crippen LogP contribution in [0.15, 0.2) is 53.1 Å². The molecule has 2 N–H and O–H groups in total. The van der Waals surface area contributed by atoms with Gasteiger partial charge < -0.3 is 19.7 Å². The van der Waals surface area contributed by atoms with E-state index in [9.17, 15) is 26.3 Å². The Morgan fingerprint density at radius 2 is 1.35 bits per heavy atom. The van der Waals surface area contributed by atoms with E-state index in [1.807, 2.05) is 0 Å². The lowest BCUT2D eigenvalue weighted by Gasteiger charge is -2.30. The van der Waals surface area contributed by atoms with Gasteiger partial charge in [0.15, 0.2) is 5.82 Å². The molecule has 0 radical (unpaired) electrons. The first kappa shape index (κ1) is 22.4. The Hall–Kier alpha value is -3.28. The van der Waals surface area contributed by atoms with E-state index in [4.69, 9.17) is 10.3 Å². The Balaban J connectivity index is 2.08. The third-order valence-electron chi connectivity index (χ3n) is 4.17. The maximum absolute atomic E-state index is 12.6. The van der Waals surface area contributed by atoms with E-state index in [0.717, 1.165) is 24.3 Å². The fourth-order valence-corrected chi connectivity index (χ4v) is 2.97. The summed E-state index contributed by atoms with van der Waals surface area (Å²) in [5, 5.41) is 3.73. The molecule has 12 heteroatoms. The van der Waals surface area contributed by atoms with Crippen molar-refractivity contribution in [3.63, 3.8) is 0 Å². The maximum Gasteiger partial charge on any atom is 0.573 e. The lowest BCUT2D eigenvalue weighted by Crippen LogP contribution is -2.40. The van der Waals surface area contributed by atoms with Crippen LogP contribution in [0, 0.1) is 6.92 Å². The molecule has 0 atom stereocenters. The smallest absolute Gasteiger partial charge is 0.406 e. The van der Waals surface area contributed by atoms with Gasteiger partial charge in [-0.15, -0.1) is 26.3 Å². The van der Waals surface area contributed by atoms with E-state index in [1.54, 1.807) is 0 Å². The van der Waals surface area contributed by atoms with E-state index in [1.165, 1.54) is 31.2 Å². The van der Waals surface area contributed by atoms with Crippen LogP contribution >= 0.6 is 0 Å². The predicted molar refractivity (Wildman–Crippen MR) is 94.0 cm³/mol. The highest BCUT2D eigenvalue weighted by molar-refractivity contribution is 5.44. The number of nitrogens with zero attached hydrogens (tertiary/aromatic N) is 2. The van der Waals surface area contributed by atoms with Gasteiger partial charge in [-0.2, -0.15) is 4.98 Å². The summed E-state index contributed by atoms with van der Waals surface area (Å²) >= 11 is 0. The standard InChI is InChI=1S/C19H15F6N3O3/c1-11-27-16(28-31-11)10-17(26,12-4-2-6-14(8-12)29-18(20,21)22)13-5-3-7-15(9-13)30-19(23,24)25/h2-9H,10,26H2,1H3. The van der Waals surface area contributed by atoms with Crippen LogP contribution < -0.4 is 15.2 Å². The van der Waals surface area contributed by atoms with Crippen molar-refractivity contribution in [1.82, 2.24) is 10.1 Å². The Morgan fingerprint density at radius 3 is 1.74 bits per heavy atom. The second kappa shape index (κ2) is 8.10. The van der Waals surface area contributed by atoms with Gasteiger partial charge in [-0.3, -0.25) is 0 Å². The summed E-state index contributed by atoms with van der Waals surface area (Å²) in [6.45, 7) is 1.52. The van der Waals surface area contributed by atoms with E-state index in [-0.39, 0.29) is 29.3 Å². The highest BCUT2D eigenvalue weighted by Crippen LogP contribution is 2.35. The molecule has 0 aliphatic rings. The zero-order chi connectivity index (χ0) is 22.9. The molecule has 31 heavy (non-hydrogen) atoms. The zero-order valence-corrected chi connectivity index (χ0v) is 15.8. The molecule has 0 unspecified atom stereocenters. The van der Waals surface area contributed by atoms with Crippen molar-refractivity contribution in [2.75, 3.05) is 0 Å². The van der Waals surface area contributed by atoms with Crippen molar-refractivity contribution >= 4 is 0 Å². The molecule has 0 spiro atoms. The molecule has 0 aliphatic carbocycles. The van der Waals surface area contributed by atoms with E-state index >= 15 is 0 Å². The van der Waals surface area contributed by atoms with Crippen molar-refractivity contribution in [3.8, 4) is 11.5 Å².